The molecular weight excluding hydrogens is 438 g/mol. The van der Waals surface area contributed by atoms with Gasteiger partial charge in [0, 0.05) is 22.7 Å². The zero-order valence-corrected chi connectivity index (χ0v) is 17.4. The SMILES string of the molecule is COC(=O)c1ccccc1NC(=O)c1cc(Cl)ccc1NC(=O)c1cccc([N+](=O)[O-])c1. The van der Waals surface area contributed by atoms with Crippen LogP contribution in [-0.2, 0) is 4.74 Å². The largest absolute Gasteiger partial charge is 0.465 e. The van der Waals surface area contributed by atoms with Crippen molar-refractivity contribution in [3.05, 3.63) is 98.6 Å². The third-order valence-electron chi connectivity index (χ3n) is 4.37. The van der Waals surface area contributed by atoms with Crippen LogP contribution in [0.15, 0.2) is 66.7 Å². The fourth-order valence-corrected chi connectivity index (χ4v) is 3.01. The summed E-state index contributed by atoms with van der Waals surface area (Å²) in [5, 5.41) is 16.4. The van der Waals surface area contributed by atoms with Crippen LogP contribution in [0.4, 0.5) is 17.1 Å². The monoisotopic (exact) mass is 453 g/mol. The first kappa shape index (κ1) is 22.4. The molecule has 0 heterocycles. The maximum atomic E-state index is 12.9. The molecule has 162 valence electrons. The van der Waals surface area contributed by atoms with Crippen LogP contribution in [0.2, 0.25) is 5.02 Å². The third kappa shape index (κ3) is 5.08. The fraction of sp³-hybridized carbons (Fsp3) is 0.0455. The lowest BCUT2D eigenvalue weighted by molar-refractivity contribution is -0.384. The maximum absolute atomic E-state index is 12.9. The number of non-ortho nitro benzene ring substituents is 1. The Balaban J connectivity index is 1.90. The lowest BCUT2D eigenvalue weighted by Gasteiger charge is -2.13. The number of hydrogen-bond donors (Lipinski definition) is 2. The molecule has 0 unspecified atom stereocenters. The molecule has 0 atom stereocenters. The second-order valence-electron chi connectivity index (χ2n) is 6.44. The first-order valence-electron chi connectivity index (χ1n) is 9.14. The number of carbonyl (C=O) groups is 3. The number of carbonyl (C=O) groups excluding carboxylic acids is 3. The van der Waals surface area contributed by atoms with E-state index in [1.807, 2.05) is 0 Å². The van der Waals surface area contributed by atoms with Crippen molar-refractivity contribution in [1.29, 1.82) is 0 Å². The minimum absolute atomic E-state index is 0.0240. The highest BCUT2D eigenvalue weighted by Crippen LogP contribution is 2.25. The van der Waals surface area contributed by atoms with Gasteiger partial charge >= 0.3 is 5.97 Å². The van der Waals surface area contributed by atoms with Gasteiger partial charge < -0.3 is 15.4 Å². The van der Waals surface area contributed by atoms with Gasteiger partial charge in [-0.05, 0) is 36.4 Å². The van der Waals surface area contributed by atoms with Gasteiger partial charge in [-0.15, -0.1) is 0 Å². The van der Waals surface area contributed by atoms with E-state index in [0.717, 1.165) is 6.07 Å². The number of nitrogens with zero attached hydrogens (tertiary/aromatic N) is 1. The minimum Gasteiger partial charge on any atom is -0.465 e. The normalized spacial score (nSPS) is 10.2. The Hall–Kier alpha value is -4.24. The number of ether oxygens (including phenoxy) is 1. The lowest BCUT2D eigenvalue weighted by atomic mass is 10.1. The van der Waals surface area contributed by atoms with E-state index in [1.54, 1.807) is 12.1 Å². The Morgan fingerprint density at radius 1 is 0.875 bits per heavy atom. The molecule has 0 fully saturated rings. The van der Waals surface area contributed by atoms with Gasteiger partial charge in [0.25, 0.3) is 17.5 Å². The van der Waals surface area contributed by atoms with Gasteiger partial charge in [-0.2, -0.15) is 0 Å². The molecule has 32 heavy (non-hydrogen) atoms. The first-order chi connectivity index (χ1) is 15.3. The van der Waals surface area contributed by atoms with Crippen molar-refractivity contribution in [2.24, 2.45) is 0 Å². The van der Waals surface area contributed by atoms with E-state index in [9.17, 15) is 24.5 Å². The molecule has 0 saturated heterocycles. The van der Waals surface area contributed by atoms with Gasteiger partial charge in [0.1, 0.15) is 0 Å². The molecular formula is C22H16ClN3O6. The Kier molecular flexibility index (Phi) is 6.81. The third-order valence-corrected chi connectivity index (χ3v) is 4.61. The zero-order chi connectivity index (χ0) is 23.3. The Morgan fingerprint density at radius 2 is 1.56 bits per heavy atom. The molecule has 2 N–H and O–H groups in total. The van der Waals surface area contributed by atoms with Crippen LogP contribution in [0.25, 0.3) is 0 Å². The molecule has 0 saturated carbocycles. The number of nitrogens with one attached hydrogen (secondary N) is 2. The lowest BCUT2D eigenvalue weighted by Crippen LogP contribution is -2.19. The molecule has 0 aliphatic heterocycles. The molecule has 0 spiro atoms. The second kappa shape index (κ2) is 9.71. The predicted molar refractivity (Wildman–Crippen MR) is 118 cm³/mol. The van der Waals surface area contributed by atoms with Crippen molar-refractivity contribution in [2.45, 2.75) is 0 Å². The summed E-state index contributed by atoms with van der Waals surface area (Å²) in [7, 11) is 1.22. The highest BCUT2D eigenvalue weighted by Gasteiger charge is 2.19. The number of nitro benzene ring substituents is 1. The van der Waals surface area contributed by atoms with Crippen molar-refractivity contribution in [1.82, 2.24) is 0 Å². The quantitative estimate of drug-likeness (QED) is 0.320. The number of methoxy groups -OCH3 is 1. The molecule has 3 aromatic carbocycles. The van der Waals surface area contributed by atoms with E-state index >= 15 is 0 Å². The number of halogens is 1. The number of rotatable bonds is 6. The smallest absolute Gasteiger partial charge is 0.339 e. The minimum atomic E-state index is -0.653. The summed E-state index contributed by atoms with van der Waals surface area (Å²) in [6.07, 6.45) is 0. The standard InChI is InChI=1S/C22H16ClN3O6/c1-32-22(29)16-7-2-3-8-18(16)25-21(28)17-12-14(23)9-10-19(17)24-20(27)13-5-4-6-15(11-13)26(30)31/h2-12H,1H3,(H,24,27)(H,25,28). The molecule has 0 aliphatic carbocycles. The van der Waals surface area contributed by atoms with Crippen molar-refractivity contribution in [3.63, 3.8) is 0 Å². The topological polar surface area (TPSA) is 128 Å². The molecule has 3 aromatic rings. The summed E-state index contributed by atoms with van der Waals surface area (Å²) < 4.78 is 4.72. The summed E-state index contributed by atoms with van der Waals surface area (Å²) >= 11 is 6.04. The average molecular weight is 454 g/mol. The number of anilines is 2. The van der Waals surface area contributed by atoms with Crippen LogP contribution in [0, 0.1) is 10.1 Å². The number of amides is 2. The van der Waals surface area contributed by atoms with Crippen molar-refractivity contribution in [2.75, 3.05) is 17.7 Å². The van der Waals surface area contributed by atoms with Crippen molar-refractivity contribution in [3.8, 4) is 0 Å². The molecule has 0 bridgehead atoms. The van der Waals surface area contributed by atoms with Gasteiger partial charge in [0.05, 0.1) is 34.5 Å². The molecule has 3 rings (SSSR count). The van der Waals surface area contributed by atoms with Crippen LogP contribution in [0.5, 0.6) is 0 Å². The summed E-state index contributed by atoms with van der Waals surface area (Å²) in [5.74, 6) is -1.93. The highest BCUT2D eigenvalue weighted by atomic mass is 35.5. The molecule has 0 radical (unpaired) electrons. The number of nitro groups is 1. The van der Waals surface area contributed by atoms with Crippen LogP contribution >= 0.6 is 11.6 Å². The van der Waals surface area contributed by atoms with Crippen LogP contribution in [0.3, 0.4) is 0 Å². The number of para-hydroxylation sites is 1. The van der Waals surface area contributed by atoms with E-state index in [2.05, 4.69) is 10.6 Å². The van der Waals surface area contributed by atoms with Crippen molar-refractivity contribution >= 4 is 46.4 Å². The van der Waals surface area contributed by atoms with Gasteiger partial charge in [-0.3, -0.25) is 19.7 Å². The van der Waals surface area contributed by atoms with E-state index in [1.165, 1.54) is 55.6 Å². The maximum Gasteiger partial charge on any atom is 0.339 e. The zero-order valence-electron chi connectivity index (χ0n) is 16.6. The van der Waals surface area contributed by atoms with Crippen LogP contribution in [0.1, 0.15) is 31.1 Å². The molecule has 2 amide bonds. The second-order valence-corrected chi connectivity index (χ2v) is 6.88. The number of benzene rings is 3. The van der Waals surface area contributed by atoms with Crippen LogP contribution < -0.4 is 10.6 Å². The summed E-state index contributed by atoms with van der Waals surface area (Å²) in [6, 6.07) is 15.7. The molecule has 9 nitrogen and oxygen atoms in total. The molecule has 0 aromatic heterocycles. The van der Waals surface area contributed by atoms with E-state index < -0.39 is 22.7 Å². The summed E-state index contributed by atoms with van der Waals surface area (Å²) in [4.78, 5) is 47.9. The van der Waals surface area contributed by atoms with E-state index in [-0.39, 0.29) is 38.8 Å². The molecule has 0 aliphatic rings. The summed E-state index contributed by atoms with van der Waals surface area (Å²) in [6.45, 7) is 0. The van der Waals surface area contributed by atoms with Gasteiger partial charge in [0.15, 0.2) is 0 Å². The van der Waals surface area contributed by atoms with Gasteiger partial charge in [0.2, 0.25) is 0 Å². The molecule has 10 heteroatoms. The number of hydrogen-bond acceptors (Lipinski definition) is 6. The Labute approximate surface area is 187 Å². The van der Waals surface area contributed by atoms with E-state index in [0.29, 0.717) is 0 Å². The Morgan fingerprint density at radius 3 is 2.28 bits per heavy atom. The van der Waals surface area contributed by atoms with Gasteiger partial charge in [-0.25, -0.2) is 4.79 Å². The summed E-state index contributed by atoms with van der Waals surface area (Å²) in [5.41, 5.74) is 0.297. The van der Waals surface area contributed by atoms with Crippen molar-refractivity contribution < 1.29 is 24.0 Å². The fourth-order valence-electron chi connectivity index (χ4n) is 2.84. The van der Waals surface area contributed by atoms with E-state index in [4.69, 9.17) is 16.3 Å². The first-order valence-corrected chi connectivity index (χ1v) is 9.52. The Bertz CT molecular complexity index is 1230. The van der Waals surface area contributed by atoms with Crippen LogP contribution in [-0.4, -0.2) is 29.8 Å². The van der Waals surface area contributed by atoms with Gasteiger partial charge in [-0.1, -0.05) is 29.8 Å². The number of esters is 1. The average Bonchev–Trinajstić information content (AvgIpc) is 2.80. The highest BCUT2D eigenvalue weighted by molar-refractivity contribution is 6.31. The predicted octanol–water partition coefficient (Wildman–Crippen LogP) is 4.54.